The molecule has 6 heteroatoms. The van der Waals surface area contributed by atoms with Gasteiger partial charge in [0.25, 0.3) is 0 Å². The van der Waals surface area contributed by atoms with Crippen LogP contribution in [-0.2, 0) is 20.7 Å². The van der Waals surface area contributed by atoms with E-state index < -0.39 is 0 Å². The van der Waals surface area contributed by atoms with Crippen LogP contribution in [0.5, 0.6) is 5.75 Å². The van der Waals surface area contributed by atoms with E-state index in [-0.39, 0.29) is 18.4 Å². The van der Waals surface area contributed by atoms with E-state index in [1.807, 2.05) is 24.3 Å². The summed E-state index contributed by atoms with van der Waals surface area (Å²) >= 11 is 0. The number of aryl methyl sites for hydroxylation is 1. The van der Waals surface area contributed by atoms with Gasteiger partial charge in [-0.2, -0.15) is 0 Å². The van der Waals surface area contributed by atoms with Gasteiger partial charge in [0, 0.05) is 19.5 Å². The molecule has 0 aliphatic carbocycles. The molecule has 0 atom stereocenters. The SMILES string of the molecule is COc1ccc(CCC(=O)NCC(=O)N2CCOCC2)cc1. The lowest BCUT2D eigenvalue weighted by Crippen LogP contribution is -2.45. The van der Waals surface area contributed by atoms with Gasteiger partial charge in [-0.15, -0.1) is 0 Å². The Morgan fingerprint density at radius 3 is 2.55 bits per heavy atom. The van der Waals surface area contributed by atoms with Crippen LogP contribution in [0.2, 0.25) is 0 Å². The molecule has 2 amide bonds. The normalized spacial score (nSPS) is 14.5. The monoisotopic (exact) mass is 306 g/mol. The third kappa shape index (κ3) is 5.04. The maximum atomic E-state index is 11.9. The first-order chi connectivity index (χ1) is 10.7. The van der Waals surface area contributed by atoms with Crippen molar-refractivity contribution in [3.05, 3.63) is 29.8 Å². The molecule has 1 aromatic rings. The van der Waals surface area contributed by atoms with E-state index in [9.17, 15) is 9.59 Å². The van der Waals surface area contributed by atoms with Gasteiger partial charge in [0.05, 0.1) is 26.9 Å². The number of benzene rings is 1. The number of carbonyl (C=O) groups is 2. The van der Waals surface area contributed by atoms with E-state index in [1.165, 1.54) is 0 Å². The van der Waals surface area contributed by atoms with Crippen LogP contribution in [0.3, 0.4) is 0 Å². The van der Waals surface area contributed by atoms with Crippen molar-refractivity contribution in [2.45, 2.75) is 12.8 Å². The van der Waals surface area contributed by atoms with Gasteiger partial charge in [0.2, 0.25) is 11.8 Å². The van der Waals surface area contributed by atoms with E-state index in [2.05, 4.69) is 5.32 Å². The molecular formula is C16H22N2O4. The summed E-state index contributed by atoms with van der Waals surface area (Å²) in [5, 5.41) is 2.68. The Bertz CT molecular complexity index is 495. The smallest absolute Gasteiger partial charge is 0.242 e. The Hall–Kier alpha value is -2.08. The molecular weight excluding hydrogens is 284 g/mol. The second kappa shape index (κ2) is 8.38. The molecule has 1 aromatic carbocycles. The first kappa shape index (κ1) is 16.3. The van der Waals surface area contributed by atoms with Gasteiger partial charge < -0.3 is 19.7 Å². The summed E-state index contributed by atoms with van der Waals surface area (Å²) in [6.07, 6.45) is 1.00. The highest BCUT2D eigenvalue weighted by Crippen LogP contribution is 2.12. The van der Waals surface area contributed by atoms with Crippen LogP contribution in [0, 0.1) is 0 Å². The predicted octanol–water partition coefficient (Wildman–Crippen LogP) is 0.603. The zero-order valence-corrected chi connectivity index (χ0v) is 12.8. The maximum Gasteiger partial charge on any atom is 0.242 e. The summed E-state index contributed by atoms with van der Waals surface area (Å²) in [4.78, 5) is 25.4. The number of methoxy groups -OCH3 is 1. The summed E-state index contributed by atoms with van der Waals surface area (Å²) in [5.41, 5.74) is 1.07. The fourth-order valence-electron chi connectivity index (χ4n) is 2.24. The first-order valence-corrected chi connectivity index (χ1v) is 7.44. The lowest BCUT2D eigenvalue weighted by atomic mass is 10.1. The van der Waals surface area contributed by atoms with Gasteiger partial charge in [-0.1, -0.05) is 12.1 Å². The van der Waals surface area contributed by atoms with Gasteiger partial charge in [0.1, 0.15) is 5.75 Å². The Balaban J connectivity index is 1.67. The fourth-order valence-corrected chi connectivity index (χ4v) is 2.24. The molecule has 22 heavy (non-hydrogen) atoms. The third-order valence-electron chi connectivity index (χ3n) is 3.60. The number of amides is 2. The van der Waals surface area contributed by atoms with Crippen LogP contribution in [0.1, 0.15) is 12.0 Å². The van der Waals surface area contributed by atoms with Crippen LogP contribution in [0.15, 0.2) is 24.3 Å². The Kier molecular flexibility index (Phi) is 6.21. The van der Waals surface area contributed by atoms with Crippen molar-refractivity contribution in [1.82, 2.24) is 10.2 Å². The molecule has 1 fully saturated rings. The van der Waals surface area contributed by atoms with Crippen molar-refractivity contribution in [3.63, 3.8) is 0 Å². The minimum atomic E-state index is -0.113. The predicted molar refractivity (Wildman–Crippen MR) is 81.7 cm³/mol. The average Bonchev–Trinajstić information content (AvgIpc) is 2.59. The van der Waals surface area contributed by atoms with Gasteiger partial charge in [-0.25, -0.2) is 0 Å². The van der Waals surface area contributed by atoms with E-state index >= 15 is 0 Å². The summed E-state index contributed by atoms with van der Waals surface area (Å²) in [6.45, 7) is 2.39. The number of hydrogen-bond donors (Lipinski definition) is 1. The van der Waals surface area contributed by atoms with Crippen molar-refractivity contribution in [3.8, 4) is 5.75 Å². The molecule has 0 radical (unpaired) electrons. The minimum Gasteiger partial charge on any atom is -0.497 e. The van der Waals surface area contributed by atoms with Gasteiger partial charge >= 0.3 is 0 Å². The minimum absolute atomic E-state index is 0.0545. The molecule has 2 rings (SSSR count). The average molecular weight is 306 g/mol. The van der Waals surface area contributed by atoms with Gasteiger partial charge in [-0.05, 0) is 24.1 Å². The van der Waals surface area contributed by atoms with Crippen LogP contribution in [-0.4, -0.2) is 56.7 Å². The molecule has 1 saturated heterocycles. The van der Waals surface area contributed by atoms with E-state index in [0.29, 0.717) is 39.1 Å². The lowest BCUT2D eigenvalue weighted by molar-refractivity contribution is -0.136. The van der Waals surface area contributed by atoms with Crippen LogP contribution in [0.25, 0.3) is 0 Å². The highest BCUT2D eigenvalue weighted by molar-refractivity contribution is 5.84. The Labute approximate surface area is 130 Å². The van der Waals surface area contributed by atoms with Crippen LogP contribution < -0.4 is 10.1 Å². The molecule has 0 unspecified atom stereocenters. The number of nitrogens with zero attached hydrogens (tertiary/aromatic N) is 1. The number of ether oxygens (including phenoxy) is 2. The van der Waals surface area contributed by atoms with Crippen molar-refractivity contribution < 1.29 is 19.1 Å². The summed E-state index contributed by atoms with van der Waals surface area (Å²) in [5.74, 6) is 0.628. The van der Waals surface area contributed by atoms with Crippen LogP contribution >= 0.6 is 0 Å². The second-order valence-corrected chi connectivity index (χ2v) is 5.12. The number of carbonyl (C=O) groups excluding carboxylic acids is 2. The summed E-state index contributed by atoms with van der Waals surface area (Å²) in [6, 6.07) is 7.61. The first-order valence-electron chi connectivity index (χ1n) is 7.44. The van der Waals surface area contributed by atoms with E-state index in [4.69, 9.17) is 9.47 Å². The summed E-state index contributed by atoms with van der Waals surface area (Å²) in [7, 11) is 1.62. The van der Waals surface area contributed by atoms with Gasteiger partial charge in [-0.3, -0.25) is 9.59 Å². The standard InChI is InChI=1S/C16H22N2O4/c1-21-14-5-2-13(3-6-14)4-7-15(19)17-12-16(20)18-8-10-22-11-9-18/h2-3,5-6H,4,7-12H2,1H3,(H,17,19). The zero-order chi connectivity index (χ0) is 15.8. The third-order valence-corrected chi connectivity index (χ3v) is 3.60. The number of rotatable bonds is 6. The van der Waals surface area contributed by atoms with Crippen molar-refractivity contribution in [2.24, 2.45) is 0 Å². The molecule has 0 bridgehead atoms. The fraction of sp³-hybridized carbons (Fsp3) is 0.500. The van der Waals surface area contributed by atoms with Crippen molar-refractivity contribution in [2.75, 3.05) is 40.0 Å². The topological polar surface area (TPSA) is 67.9 Å². The lowest BCUT2D eigenvalue weighted by Gasteiger charge is -2.26. The van der Waals surface area contributed by atoms with E-state index in [1.54, 1.807) is 12.0 Å². The second-order valence-electron chi connectivity index (χ2n) is 5.12. The molecule has 0 spiro atoms. The highest BCUT2D eigenvalue weighted by atomic mass is 16.5. The van der Waals surface area contributed by atoms with Gasteiger partial charge in [0.15, 0.2) is 0 Å². The number of morpholine rings is 1. The zero-order valence-electron chi connectivity index (χ0n) is 12.8. The molecule has 0 aromatic heterocycles. The molecule has 1 heterocycles. The summed E-state index contributed by atoms with van der Waals surface area (Å²) < 4.78 is 10.3. The Morgan fingerprint density at radius 2 is 1.91 bits per heavy atom. The molecule has 1 N–H and O–H groups in total. The number of hydrogen-bond acceptors (Lipinski definition) is 4. The molecule has 1 aliphatic heterocycles. The van der Waals surface area contributed by atoms with Crippen molar-refractivity contribution >= 4 is 11.8 Å². The molecule has 120 valence electrons. The molecule has 1 aliphatic rings. The van der Waals surface area contributed by atoms with Crippen LogP contribution in [0.4, 0.5) is 0 Å². The molecule has 6 nitrogen and oxygen atoms in total. The Morgan fingerprint density at radius 1 is 1.23 bits per heavy atom. The van der Waals surface area contributed by atoms with E-state index in [0.717, 1.165) is 11.3 Å². The quantitative estimate of drug-likeness (QED) is 0.836. The molecule has 0 saturated carbocycles. The number of nitrogens with one attached hydrogen (secondary N) is 1. The van der Waals surface area contributed by atoms with Crippen molar-refractivity contribution in [1.29, 1.82) is 0 Å². The highest BCUT2D eigenvalue weighted by Gasteiger charge is 2.17. The maximum absolute atomic E-state index is 11.9. The largest absolute Gasteiger partial charge is 0.497 e.